The van der Waals surface area contributed by atoms with Crippen molar-refractivity contribution in [1.82, 2.24) is 0 Å². The van der Waals surface area contributed by atoms with Gasteiger partial charge in [-0.25, -0.2) is 13.2 Å². The molecule has 0 aliphatic rings. The quantitative estimate of drug-likeness (QED) is 0.832. The summed E-state index contributed by atoms with van der Waals surface area (Å²) in [5, 5.41) is 8.86. The lowest BCUT2D eigenvalue weighted by Gasteiger charge is -2.08. The van der Waals surface area contributed by atoms with E-state index >= 15 is 0 Å². The van der Waals surface area contributed by atoms with Gasteiger partial charge in [0.1, 0.15) is 0 Å². The molecular weight excluding hydrogens is 385 g/mol. The first-order chi connectivity index (χ1) is 9.03. The van der Waals surface area contributed by atoms with Crippen LogP contribution in [0.5, 0.6) is 0 Å². The van der Waals surface area contributed by atoms with Crippen LogP contribution in [0.25, 0.3) is 0 Å². The molecule has 0 radical (unpaired) electrons. The first-order valence-corrected chi connectivity index (χ1v) is 8.42. The maximum Gasteiger partial charge on any atom is 0.441 e. The zero-order valence-electron chi connectivity index (χ0n) is 9.65. The molecule has 0 aromatic heterocycles. The van der Waals surface area contributed by atoms with Crippen LogP contribution in [-0.2, 0) is 9.84 Å². The Labute approximate surface area is 125 Å². The van der Waals surface area contributed by atoms with Crippen LogP contribution in [0.1, 0.15) is 10.4 Å². The lowest BCUT2D eigenvalue weighted by Crippen LogP contribution is -2.13. The standard InChI is InChI=1S/C10H8BrF3O4S2/c11-8-2-1-6(5-7(8)9(15)16)20(17,18)4-3-19-10(12,13)14/h1-2,5H,3-4H2,(H,15,16). The minimum Gasteiger partial charge on any atom is -0.478 e. The molecule has 1 aromatic rings. The van der Waals surface area contributed by atoms with E-state index in [9.17, 15) is 26.4 Å². The van der Waals surface area contributed by atoms with Crippen molar-refractivity contribution in [3.05, 3.63) is 28.2 Å². The van der Waals surface area contributed by atoms with Crippen molar-refractivity contribution in [2.45, 2.75) is 10.4 Å². The number of aromatic carboxylic acids is 1. The van der Waals surface area contributed by atoms with Crippen LogP contribution in [0.4, 0.5) is 13.2 Å². The monoisotopic (exact) mass is 392 g/mol. The number of sulfone groups is 1. The third-order valence-electron chi connectivity index (χ3n) is 2.15. The summed E-state index contributed by atoms with van der Waals surface area (Å²) in [6, 6.07) is 3.29. The average Bonchev–Trinajstić information content (AvgIpc) is 2.26. The highest BCUT2D eigenvalue weighted by Crippen LogP contribution is 2.30. The summed E-state index contributed by atoms with van der Waals surface area (Å²) in [6.07, 6.45) is 0. The third-order valence-corrected chi connectivity index (χ3v) is 5.54. The second-order valence-corrected chi connectivity index (χ2v) is 7.68. The van der Waals surface area contributed by atoms with Crippen molar-refractivity contribution in [2.75, 3.05) is 11.5 Å². The Bertz CT molecular complexity index is 613. The highest BCUT2D eigenvalue weighted by molar-refractivity contribution is 9.10. The van der Waals surface area contributed by atoms with Crippen molar-refractivity contribution < 1.29 is 31.5 Å². The molecule has 0 aliphatic carbocycles. The highest BCUT2D eigenvalue weighted by Gasteiger charge is 2.29. The van der Waals surface area contributed by atoms with Crippen molar-refractivity contribution in [3.63, 3.8) is 0 Å². The molecule has 0 atom stereocenters. The molecule has 0 spiro atoms. The largest absolute Gasteiger partial charge is 0.478 e. The van der Waals surface area contributed by atoms with Gasteiger partial charge in [0.2, 0.25) is 0 Å². The average molecular weight is 393 g/mol. The van der Waals surface area contributed by atoms with Crippen LogP contribution >= 0.6 is 27.7 Å². The van der Waals surface area contributed by atoms with Crippen LogP contribution in [0.3, 0.4) is 0 Å². The molecule has 10 heteroatoms. The van der Waals surface area contributed by atoms with Crippen LogP contribution in [0, 0.1) is 0 Å². The van der Waals surface area contributed by atoms with Crippen molar-refractivity contribution in [1.29, 1.82) is 0 Å². The van der Waals surface area contributed by atoms with Gasteiger partial charge in [-0.15, -0.1) is 0 Å². The predicted molar refractivity (Wildman–Crippen MR) is 71.7 cm³/mol. The van der Waals surface area contributed by atoms with Gasteiger partial charge < -0.3 is 5.11 Å². The van der Waals surface area contributed by atoms with E-state index in [2.05, 4.69) is 15.9 Å². The molecule has 1 aromatic carbocycles. The smallest absolute Gasteiger partial charge is 0.441 e. The normalized spacial score (nSPS) is 12.4. The molecule has 0 saturated carbocycles. The topological polar surface area (TPSA) is 71.4 Å². The Morgan fingerprint density at radius 2 is 1.95 bits per heavy atom. The molecule has 0 unspecified atom stereocenters. The van der Waals surface area contributed by atoms with E-state index in [4.69, 9.17) is 5.11 Å². The number of carboxylic acids is 1. The van der Waals surface area contributed by atoms with Gasteiger partial charge in [-0.2, -0.15) is 13.2 Å². The van der Waals surface area contributed by atoms with Crippen LogP contribution < -0.4 is 0 Å². The SMILES string of the molecule is O=C(O)c1cc(S(=O)(=O)CCSC(F)(F)F)ccc1Br. The van der Waals surface area contributed by atoms with Gasteiger partial charge in [0.05, 0.1) is 16.2 Å². The second kappa shape index (κ2) is 6.35. The van der Waals surface area contributed by atoms with Gasteiger partial charge in [-0.3, -0.25) is 0 Å². The summed E-state index contributed by atoms with van der Waals surface area (Å²) in [5.41, 5.74) is -4.77. The highest BCUT2D eigenvalue weighted by atomic mass is 79.9. The Morgan fingerprint density at radius 3 is 2.45 bits per heavy atom. The lowest BCUT2D eigenvalue weighted by molar-refractivity contribution is -0.0326. The van der Waals surface area contributed by atoms with Crippen molar-refractivity contribution in [3.8, 4) is 0 Å². The lowest BCUT2D eigenvalue weighted by atomic mass is 10.2. The van der Waals surface area contributed by atoms with Gasteiger partial charge in [-0.05, 0) is 45.9 Å². The zero-order chi connectivity index (χ0) is 15.6. The summed E-state index contributed by atoms with van der Waals surface area (Å²) in [7, 11) is -3.96. The van der Waals surface area contributed by atoms with Gasteiger partial charge in [0.15, 0.2) is 9.84 Å². The van der Waals surface area contributed by atoms with E-state index in [1.165, 1.54) is 6.07 Å². The molecule has 0 bridgehead atoms. The molecule has 0 heterocycles. The number of carboxylic acid groups (broad SMARTS) is 1. The van der Waals surface area contributed by atoms with Crippen LogP contribution in [0.2, 0.25) is 0 Å². The summed E-state index contributed by atoms with van der Waals surface area (Å²) in [6.45, 7) is 0. The maximum atomic E-state index is 11.9. The molecule has 1 N–H and O–H groups in total. The predicted octanol–water partition coefficient (Wildman–Crippen LogP) is 3.17. The fourth-order valence-electron chi connectivity index (χ4n) is 1.25. The number of rotatable bonds is 5. The van der Waals surface area contributed by atoms with Gasteiger partial charge in [0, 0.05) is 10.2 Å². The van der Waals surface area contributed by atoms with E-state index in [-0.39, 0.29) is 14.9 Å². The second-order valence-electron chi connectivity index (χ2n) is 3.56. The Kier molecular flexibility index (Phi) is 5.50. The fraction of sp³-hybridized carbons (Fsp3) is 0.300. The van der Waals surface area contributed by atoms with Crippen LogP contribution in [-0.4, -0.2) is 36.5 Å². The molecule has 4 nitrogen and oxygen atoms in total. The van der Waals surface area contributed by atoms with E-state index < -0.39 is 44.6 Å². The fourth-order valence-corrected chi connectivity index (χ4v) is 3.91. The Balaban J connectivity index is 2.93. The van der Waals surface area contributed by atoms with Crippen LogP contribution in [0.15, 0.2) is 27.6 Å². The molecule has 0 aliphatic heterocycles. The number of halogens is 4. The van der Waals surface area contributed by atoms with Crippen molar-refractivity contribution in [2.24, 2.45) is 0 Å². The molecule has 1 rings (SSSR count). The molecule has 0 fully saturated rings. The third kappa shape index (κ3) is 4.98. The first-order valence-electron chi connectivity index (χ1n) is 4.99. The maximum absolute atomic E-state index is 11.9. The molecular formula is C10H8BrF3O4S2. The molecule has 0 saturated heterocycles. The first kappa shape index (κ1) is 17.3. The molecule has 0 amide bonds. The number of alkyl halides is 3. The van der Waals surface area contributed by atoms with E-state index in [1.54, 1.807) is 0 Å². The van der Waals surface area contributed by atoms with Crippen molar-refractivity contribution >= 4 is 43.5 Å². The van der Waals surface area contributed by atoms with Gasteiger partial charge in [0.25, 0.3) is 0 Å². The number of carbonyl (C=O) groups is 1. The minimum atomic E-state index is -4.50. The minimum absolute atomic E-state index is 0.189. The summed E-state index contributed by atoms with van der Waals surface area (Å²) in [4.78, 5) is 10.6. The van der Waals surface area contributed by atoms with E-state index in [0.717, 1.165) is 12.1 Å². The van der Waals surface area contributed by atoms with E-state index in [1.807, 2.05) is 0 Å². The van der Waals surface area contributed by atoms with Gasteiger partial charge in [-0.1, -0.05) is 0 Å². The number of thioether (sulfide) groups is 1. The summed E-state index contributed by atoms with van der Waals surface area (Å²) in [5.74, 6) is -2.71. The number of hydrogen-bond acceptors (Lipinski definition) is 4. The Hall–Kier alpha value is -0.740. The Morgan fingerprint density at radius 1 is 1.35 bits per heavy atom. The van der Waals surface area contributed by atoms with Gasteiger partial charge >= 0.3 is 11.5 Å². The van der Waals surface area contributed by atoms with E-state index in [0.29, 0.717) is 0 Å². The number of benzene rings is 1. The summed E-state index contributed by atoms with van der Waals surface area (Å²) >= 11 is 2.51. The molecule has 112 valence electrons. The molecule has 20 heavy (non-hydrogen) atoms. The zero-order valence-corrected chi connectivity index (χ0v) is 12.9. The number of hydrogen-bond donors (Lipinski definition) is 1. The summed E-state index contributed by atoms with van der Waals surface area (Å²) < 4.78 is 59.6.